The van der Waals surface area contributed by atoms with Crippen molar-refractivity contribution in [3.63, 3.8) is 0 Å². The highest BCUT2D eigenvalue weighted by atomic mass is 35.5. The van der Waals surface area contributed by atoms with Gasteiger partial charge in [-0.05, 0) is 14.1 Å². The second kappa shape index (κ2) is 4.43. The fourth-order valence-electron chi connectivity index (χ4n) is 1.04. The number of carbonyl (C=O) groups is 1. The average Bonchev–Trinajstić information content (AvgIpc) is 2.43. The first-order valence-electron chi connectivity index (χ1n) is 4.11. The zero-order valence-corrected chi connectivity index (χ0v) is 8.82. The van der Waals surface area contributed by atoms with Crippen LogP contribution >= 0.6 is 11.6 Å². The standard InChI is InChI=1S/C8H12ClN3O2/c1-11(2)3-4-12-7(8(13)14)6(9)5-10-12/h5H,3-4H2,1-2H3,(H,13,14). The Labute approximate surface area is 86.9 Å². The van der Waals surface area contributed by atoms with Crippen molar-refractivity contribution < 1.29 is 9.90 Å². The first-order valence-corrected chi connectivity index (χ1v) is 4.49. The number of carboxylic acid groups (broad SMARTS) is 1. The van der Waals surface area contributed by atoms with Gasteiger partial charge in [-0.2, -0.15) is 5.10 Å². The van der Waals surface area contributed by atoms with E-state index < -0.39 is 5.97 Å². The molecule has 1 N–H and O–H groups in total. The Balaban J connectivity index is 2.81. The lowest BCUT2D eigenvalue weighted by molar-refractivity contribution is 0.0682. The minimum absolute atomic E-state index is 0.0496. The first kappa shape index (κ1) is 11.0. The lowest BCUT2D eigenvalue weighted by Gasteiger charge is -2.10. The number of hydrogen-bond donors (Lipinski definition) is 1. The molecule has 0 atom stereocenters. The molecule has 1 heterocycles. The van der Waals surface area contributed by atoms with Gasteiger partial charge in [0.1, 0.15) is 0 Å². The highest BCUT2D eigenvalue weighted by Crippen LogP contribution is 2.14. The molecule has 0 aliphatic heterocycles. The van der Waals surface area contributed by atoms with Crippen LogP contribution < -0.4 is 0 Å². The molecular weight excluding hydrogens is 206 g/mol. The van der Waals surface area contributed by atoms with E-state index in [4.69, 9.17) is 16.7 Å². The van der Waals surface area contributed by atoms with Crippen LogP contribution in [0.3, 0.4) is 0 Å². The van der Waals surface area contributed by atoms with Crippen LogP contribution in [0.4, 0.5) is 0 Å². The fourth-order valence-corrected chi connectivity index (χ4v) is 1.26. The average molecular weight is 218 g/mol. The van der Waals surface area contributed by atoms with Gasteiger partial charge >= 0.3 is 5.97 Å². The summed E-state index contributed by atoms with van der Waals surface area (Å²) in [6.45, 7) is 1.24. The van der Waals surface area contributed by atoms with Crippen LogP contribution in [0.1, 0.15) is 10.5 Å². The van der Waals surface area contributed by atoms with Gasteiger partial charge in [0.2, 0.25) is 0 Å². The number of halogens is 1. The molecule has 5 nitrogen and oxygen atoms in total. The highest BCUT2D eigenvalue weighted by Gasteiger charge is 2.15. The number of likely N-dealkylation sites (N-methyl/N-ethyl adjacent to an activating group) is 1. The molecule has 6 heteroatoms. The van der Waals surface area contributed by atoms with Crippen molar-refractivity contribution in [2.24, 2.45) is 0 Å². The van der Waals surface area contributed by atoms with Gasteiger partial charge in [0, 0.05) is 6.54 Å². The van der Waals surface area contributed by atoms with Crippen LogP contribution in [0.25, 0.3) is 0 Å². The third-order valence-electron chi connectivity index (χ3n) is 1.76. The SMILES string of the molecule is CN(C)CCn1ncc(Cl)c1C(=O)O. The molecular formula is C8H12ClN3O2. The first-order chi connectivity index (χ1) is 6.52. The molecule has 0 saturated heterocycles. The fraction of sp³-hybridized carbons (Fsp3) is 0.500. The number of aromatic nitrogens is 2. The Morgan fingerprint density at radius 3 is 2.86 bits per heavy atom. The number of nitrogens with zero attached hydrogens (tertiary/aromatic N) is 3. The third-order valence-corrected chi connectivity index (χ3v) is 2.03. The van der Waals surface area contributed by atoms with Crippen molar-refractivity contribution in [1.82, 2.24) is 14.7 Å². The summed E-state index contributed by atoms with van der Waals surface area (Å²) < 4.78 is 1.39. The molecule has 0 unspecified atom stereocenters. The van der Waals surface area contributed by atoms with Crippen LogP contribution in [0, 0.1) is 0 Å². The summed E-state index contributed by atoms with van der Waals surface area (Å²) in [4.78, 5) is 12.7. The van der Waals surface area contributed by atoms with E-state index in [9.17, 15) is 4.79 Å². The summed E-state index contributed by atoms with van der Waals surface area (Å²) in [5, 5.41) is 12.9. The lowest BCUT2D eigenvalue weighted by Crippen LogP contribution is -2.21. The smallest absolute Gasteiger partial charge is 0.355 e. The number of aromatic carboxylic acids is 1. The molecule has 0 amide bonds. The van der Waals surface area contributed by atoms with E-state index >= 15 is 0 Å². The molecule has 0 saturated carbocycles. The largest absolute Gasteiger partial charge is 0.476 e. The lowest BCUT2D eigenvalue weighted by atomic mass is 10.4. The molecule has 14 heavy (non-hydrogen) atoms. The van der Waals surface area contributed by atoms with Crippen LogP contribution in [0.5, 0.6) is 0 Å². The summed E-state index contributed by atoms with van der Waals surface area (Å²) >= 11 is 5.68. The van der Waals surface area contributed by atoms with Crippen LogP contribution in [-0.2, 0) is 6.54 Å². The van der Waals surface area contributed by atoms with Gasteiger partial charge in [-0.25, -0.2) is 4.79 Å². The van der Waals surface area contributed by atoms with E-state index in [-0.39, 0.29) is 10.7 Å². The van der Waals surface area contributed by atoms with Gasteiger partial charge in [0.25, 0.3) is 0 Å². The van der Waals surface area contributed by atoms with E-state index in [2.05, 4.69) is 5.10 Å². The predicted molar refractivity (Wildman–Crippen MR) is 52.8 cm³/mol. The van der Waals surface area contributed by atoms with Gasteiger partial charge in [-0.1, -0.05) is 11.6 Å². The second-order valence-electron chi connectivity index (χ2n) is 3.17. The Kier molecular flexibility index (Phi) is 3.49. The summed E-state index contributed by atoms with van der Waals surface area (Å²) in [6, 6.07) is 0. The van der Waals surface area contributed by atoms with E-state index in [1.807, 2.05) is 19.0 Å². The molecule has 0 fully saturated rings. The summed E-state index contributed by atoms with van der Waals surface area (Å²) in [7, 11) is 3.82. The Hall–Kier alpha value is -1.07. The molecule has 78 valence electrons. The van der Waals surface area contributed by atoms with Crippen LogP contribution in [0.2, 0.25) is 5.02 Å². The summed E-state index contributed by atoms with van der Waals surface area (Å²) in [5.74, 6) is -1.05. The van der Waals surface area contributed by atoms with Crippen molar-refractivity contribution in [1.29, 1.82) is 0 Å². The monoisotopic (exact) mass is 217 g/mol. The van der Waals surface area contributed by atoms with Crippen molar-refractivity contribution in [3.8, 4) is 0 Å². The van der Waals surface area contributed by atoms with Crippen LogP contribution in [-0.4, -0.2) is 46.4 Å². The zero-order chi connectivity index (χ0) is 10.7. The number of carboxylic acids is 1. The van der Waals surface area contributed by atoms with Crippen molar-refractivity contribution in [3.05, 3.63) is 16.9 Å². The maximum Gasteiger partial charge on any atom is 0.355 e. The summed E-state index contributed by atoms with van der Waals surface area (Å²) in [5.41, 5.74) is 0.0496. The normalized spacial score (nSPS) is 10.9. The predicted octanol–water partition coefficient (Wildman–Crippen LogP) is 0.796. The molecule has 0 radical (unpaired) electrons. The van der Waals surface area contributed by atoms with E-state index in [1.165, 1.54) is 10.9 Å². The Morgan fingerprint density at radius 1 is 1.71 bits per heavy atom. The molecule has 0 bridgehead atoms. The van der Waals surface area contributed by atoms with Gasteiger partial charge in [-0.3, -0.25) is 4.68 Å². The maximum absolute atomic E-state index is 10.8. The van der Waals surface area contributed by atoms with Gasteiger partial charge < -0.3 is 10.0 Å². The molecule has 0 spiro atoms. The highest BCUT2D eigenvalue weighted by molar-refractivity contribution is 6.33. The van der Waals surface area contributed by atoms with Crippen LogP contribution in [0.15, 0.2) is 6.20 Å². The van der Waals surface area contributed by atoms with Crippen molar-refractivity contribution in [2.75, 3.05) is 20.6 Å². The van der Waals surface area contributed by atoms with E-state index in [1.54, 1.807) is 0 Å². The number of hydrogen-bond acceptors (Lipinski definition) is 3. The Bertz CT molecular complexity index is 335. The minimum atomic E-state index is -1.05. The molecule has 1 rings (SSSR count). The number of rotatable bonds is 4. The molecule has 1 aromatic rings. The zero-order valence-electron chi connectivity index (χ0n) is 8.07. The van der Waals surface area contributed by atoms with Gasteiger partial charge in [0.15, 0.2) is 5.69 Å². The topological polar surface area (TPSA) is 58.4 Å². The van der Waals surface area contributed by atoms with Gasteiger partial charge in [0.05, 0.1) is 17.8 Å². The Morgan fingerprint density at radius 2 is 2.36 bits per heavy atom. The molecule has 0 aromatic carbocycles. The molecule has 0 aliphatic carbocycles. The second-order valence-corrected chi connectivity index (χ2v) is 3.58. The minimum Gasteiger partial charge on any atom is -0.476 e. The quantitative estimate of drug-likeness (QED) is 0.811. The van der Waals surface area contributed by atoms with Gasteiger partial charge in [-0.15, -0.1) is 0 Å². The molecule has 0 aliphatic rings. The third kappa shape index (κ3) is 2.46. The van der Waals surface area contributed by atoms with E-state index in [0.29, 0.717) is 6.54 Å². The maximum atomic E-state index is 10.8. The van der Waals surface area contributed by atoms with Crippen molar-refractivity contribution in [2.45, 2.75) is 6.54 Å². The van der Waals surface area contributed by atoms with E-state index in [0.717, 1.165) is 6.54 Å². The molecule has 1 aromatic heterocycles. The summed E-state index contributed by atoms with van der Waals surface area (Å²) in [6.07, 6.45) is 1.35. The van der Waals surface area contributed by atoms with Crippen molar-refractivity contribution >= 4 is 17.6 Å².